The van der Waals surface area contributed by atoms with E-state index in [9.17, 15) is 9.59 Å². The summed E-state index contributed by atoms with van der Waals surface area (Å²) in [6.07, 6.45) is 2.61. The SMILES string of the molecule is COC(=O)[N+]1(CCCOc2ccc(OC)cc2C2Sc3cc(Cl)ccc3N2C(C)=O)CCCC1.Cl. The lowest BCUT2D eigenvalue weighted by molar-refractivity contribution is -0.845. The van der Waals surface area contributed by atoms with Crippen LogP contribution in [0.15, 0.2) is 41.3 Å². The number of halogens is 2. The van der Waals surface area contributed by atoms with E-state index >= 15 is 0 Å². The quantitative estimate of drug-likeness (QED) is 0.313. The minimum atomic E-state index is -0.303. The minimum Gasteiger partial charge on any atom is -0.497 e. The molecular formula is C25H31Cl2N2O5S+. The van der Waals surface area contributed by atoms with Crippen LogP contribution in [0.5, 0.6) is 11.5 Å². The molecule has 35 heavy (non-hydrogen) atoms. The molecule has 2 aliphatic heterocycles. The van der Waals surface area contributed by atoms with Crippen molar-refractivity contribution in [2.75, 3.05) is 45.4 Å². The van der Waals surface area contributed by atoms with Gasteiger partial charge in [-0.2, -0.15) is 4.79 Å². The highest BCUT2D eigenvalue weighted by Crippen LogP contribution is 2.54. The van der Waals surface area contributed by atoms with Gasteiger partial charge in [0.2, 0.25) is 5.91 Å². The van der Waals surface area contributed by atoms with Crippen molar-refractivity contribution in [1.82, 2.24) is 0 Å². The maximum Gasteiger partial charge on any atom is 0.515 e. The average Bonchev–Trinajstić information content (AvgIpc) is 3.46. The third kappa shape index (κ3) is 5.66. The number of hydrogen-bond acceptors (Lipinski definition) is 6. The first-order valence-electron chi connectivity index (χ1n) is 11.4. The Balaban J connectivity index is 0.00000342. The third-order valence-electron chi connectivity index (χ3n) is 6.45. The number of hydrogen-bond donors (Lipinski definition) is 0. The molecule has 2 heterocycles. The number of fused-ring (bicyclic) bond motifs is 1. The molecule has 0 aliphatic carbocycles. The van der Waals surface area contributed by atoms with Crippen LogP contribution >= 0.6 is 35.8 Å². The van der Waals surface area contributed by atoms with E-state index in [4.69, 9.17) is 25.8 Å². The highest BCUT2D eigenvalue weighted by atomic mass is 35.5. The molecule has 1 atom stereocenters. The van der Waals surface area contributed by atoms with Crippen LogP contribution in [0.3, 0.4) is 0 Å². The molecule has 2 amide bonds. The first-order valence-corrected chi connectivity index (χ1v) is 12.7. The lowest BCUT2D eigenvalue weighted by atomic mass is 10.1. The van der Waals surface area contributed by atoms with Crippen LogP contribution in [-0.2, 0) is 9.53 Å². The summed E-state index contributed by atoms with van der Waals surface area (Å²) in [6.45, 7) is 4.32. The number of nitrogens with zero attached hydrogens (tertiary/aromatic N) is 2. The fraction of sp³-hybridized carbons (Fsp3) is 0.440. The zero-order valence-electron chi connectivity index (χ0n) is 20.1. The van der Waals surface area contributed by atoms with E-state index in [2.05, 4.69) is 0 Å². The van der Waals surface area contributed by atoms with Gasteiger partial charge in [-0.3, -0.25) is 9.69 Å². The Hall–Kier alpha value is -2.13. The van der Waals surface area contributed by atoms with Gasteiger partial charge in [0.05, 0.1) is 46.1 Å². The van der Waals surface area contributed by atoms with Crippen LogP contribution in [-0.4, -0.2) is 56.9 Å². The molecule has 2 aromatic carbocycles. The molecule has 0 radical (unpaired) electrons. The fourth-order valence-electron chi connectivity index (χ4n) is 4.78. The Morgan fingerprint density at radius 2 is 1.89 bits per heavy atom. The van der Waals surface area contributed by atoms with E-state index in [1.807, 2.05) is 30.3 Å². The van der Waals surface area contributed by atoms with Crippen molar-refractivity contribution < 1.29 is 28.3 Å². The molecule has 7 nitrogen and oxygen atoms in total. The second-order valence-electron chi connectivity index (χ2n) is 8.57. The van der Waals surface area contributed by atoms with Crippen molar-refractivity contribution in [2.24, 2.45) is 0 Å². The predicted molar refractivity (Wildman–Crippen MR) is 140 cm³/mol. The number of carbonyl (C=O) groups excluding carboxylic acids is 2. The van der Waals surface area contributed by atoms with Crippen LogP contribution in [0.4, 0.5) is 10.5 Å². The van der Waals surface area contributed by atoms with Crippen molar-refractivity contribution in [3.8, 4) is 11.5 Å². The van der Waals surface area contributed by atoms with Gasteiger partial charge in [-0.1, -0.05) is 23.4 Å². The summed E-state index contributed by atoms with van der Waals surface area (Å²) in [6, 6.07) is 11.2. The molecule has 2 aromatic rings. The highest BCUT2D eigenvalue weighted by molar-refractivity contribution is 8.00. The number of carbonyl (C=O) groups is 2. The molecule has 0 saturated carbocycles. The highest BCUT2D eigenvalue weighted by Gasteiger charge is 2.41. The average molecular weight is 543 g/mol. The number of thioether (sulfide) groups is 1. The van der Waals surface area contributed by atoms with Crippen LogP contribution in [0.2, 0.25) is 5.02 Å². The predicted octanol–water partition coefficient (Wildman–Crippen LogP) is 6.07. The van der Waals surface area contributed by atoms with Crippen LogP contribution in [0, 0.1) is 0 Å². The van der Waals surface area contributed by atoms with Crippen LogP contribution in [0.25, 0.3) is 0 Å². The Labute approximate surface area is 221 Å². The first-order chi connectivity index (χ1) is 16.4. The Morgan fingerprint density at radius 1 is 1.14 bits per heavy atom. The van der Waals surface area contributed by atoms with Crippen molar-refractivity contribution in [3.05, 3.63) is 47.0 Å². The molecule has 10 heteroatoms. The standard InChI is InChI=1S/C25H30ClN2O5S.ClH/c1-17(29)27-21-9-7-18(26)15-23(21)34-24(27)20-16-19(31-2)8-10-22(20)33-14-6-13-28(25(30)32-3)11-4-5-12-28;/h7-10,15-16,24H,4-6,11-14H2,1-3H3;1H/q+1;. The van der Waals surface area contributed by atoms with Gasteiger partial charge in [0, 0.05) is 41.7 Å². The molecule has 0 aromatic heterocycles. The van der Waals surface area contributed by atoms with E-state index in [0.29, 0.717) is 40.6 Å². The molecule has 0 spiro atoms. The number of rotatable bonds is 7. The van der Waals surface area contributed by atoms with Gasteiger partial charge in [0.15, 0.2) is 0 Å². The number of methoxy groups -OCH3 is 2. The van der Waals surface area contributed by atoms with Gasteiger partial charge >= 0.3 is 6.09 Å². The zero-order valence-corrected chi connectivity index (χ0v) is 22.5. The second kappa shape index (κ2) is 11.7. The van der Waals surface area contributed by atoms with Crippen molar-refractivity contribution in [3.63, 3.8) is 0 Å². The molecule has 1 unspecified atom stereocenters. The maximum atomic E-state index is 12.6. The summed E-state index contributed by atoms with van der Waals surface area (Å²) in [5, 5.41) is 0.324. The molecule has 0 N–H and O–H groups in total. The summed E-state index contributed by atoms with van der Waals surface area (Å²) in [5.41, 5.74) is 1.68. The number of likely N-dealkylation sites (tertiary alicyclic amines) is 1. The van der Waals surface area contributed by atoms with E-state index in [-0.39, 0.29) is 29.8 Å². The van der Waals surface area contributed by atoms with Gasteiger partial charge in [-0.15, -0.1) is 12.4 Å². The molecule has 4 rings (SSSR count). The Bertz CT molecular complexity index is 1080. The summed E-state index contributed by atoms with van der Waals surface area (Å²) in [5.74, 6) is 1.31. The first kappa shape index (κ1) is 27.5. The van der Waals surface area contributed by atoms with Crippen molar-refractivity contribution in [1.29, 1.82) is 0 Å². The zero-order chi connectivity index (χ0) is 24.3. The van der Waals surface area contributed by atoms with Crippen molar-refractivity contribution >= 4 is 53.5 Å². The normalized spacial score (nSPS) is 17.9. The molecule has 190 valence electrons. The monoisotopic (exact) mass is 541 g/mol. The van der Waals surface area contributed by atoms with E-state index in [0.717, 1.165) is 42.1 Å². The van der Waals surface area contributed by atoms with Gasteiger partial charge in [-0.05, 0) is 36.4 Å². The number of ether oxygens (including phenoxy) is 3. The smallest absolute Gasteiger partial charge is 0.497 e. The van der Waals surface area contributed by atoms with Gasteiger partial charge in [0.25, 0.3) is 0 Å². The largest absolute Gasteiger partial charge is 0.515 e. The lowest BCUT2D eigenvalue weighted by Crippen LogP contribution is -2.51. The second-order valence-corrected chi connectivity index (χ2v) is 10.1. The summed E-state index contributed by atoms with van der Waals surface area (Å²) in [7, 11) is 3.07. The topological polar surface area (TPSA) is 65.1 Å². The molecule has 0 bridgehead atoms. The van der Waals surface area contributed by atoms with Crippen LogP contribution < -0.4 is 14.4 Å². The minimum absolute atomic E-state index is 0. The number of amides is 2. The third-order valence-corrected chi connectivity index (χ3v) is 7.95. The molecule has 1 fully saturated rings. The molecule has 1 saturated heterocycles. The van der Waals surface area contributed by atoms with Gasteiger partial charge in [0.1, 0.15) is 16.9 Å². The number of quaternary nitrogens is 1. The molecule has 2 aliphatic rings. The summed E-state index contributed by atoms with van der Waals surface area (Å²) < 4.78 is 17.1. The van der Waals surface area contributed by atoms with E-state index in [1.165, 1.54) is 7.11 Å². The lowest BCUT2D eigenvalue weighted by Gasteiger charge is -2.29. The van der Waals surface area contributed by atoms with Gasteiger partial charge < -0.3 is 14.2 Å². The molecular weight excluding hydrogens is 511 g/mol. The van der Waals surface area contributed by atoms with Gasteiger partial charge in [-0.25, -0.2) is 4.48 Å². The van der Waals surface area contributed by atoms with E-state index < -0.39 is 0 Å². The van der Waals surface area contributed by atoms with Crippen molar-refractivity contribution in [2.45, 2.75) is 36.5 Å². The number of benzene rings is 2. The summed E-state index contributed by atoms with van der Waals surface area (Å²) >= 11 is 7.77. The fourth-order valence-corrected chi connectivity index (χ4v) is 6.42. The maximum absolute atomic E-state index is 12.6. The number of anilines is 1. The summed E-state index contributed by atoms with van der Waals surface area (Å²) in [4.78, 5) is 27.7. The Morgan fingerprint density at radius 3 is 2.54 bits per heavy atom. The van der Waals surface area contributed by atoms with Crippen LogP contribution in [0.1, 0.15) is 37.1 Å². The Kier molecular flexibility index (Phi) is 9.21. The van der Waals surface area contributed by atoms with E-state index in [1.54, 1.807) is 36.8 Å².